The molecule has 1 aliphatic rings. The summed E-state index contributed by atoms with van der Waals surface area (Å²) in [5.74, 6) is 0.762. The minimum Gasteiger partial charge on any atom is -0.361 e. The van der Waals surface area contributed by atoms with Gasteiger partial charge in [0.2, 0.25) is 0 Å². The van der Waals surface area contributed by atoms with Crippen LogP contribution in [-0.2, 0) is 6.54 Å². The van der Waals surface area contributed by atoms with Gasteiger partial charge in [-0.05, 0) is 23.6 Å². The maximum Gasteiger partial charge on any atom is 0.157 e. The standard InChI is InChI=1S/C16H21N3S/c1-3-14(4-2)15-11-19-16(20-15)18-10-13-7-5-12(9-17)6-8-13/h5-8,14-15H,3-4,10-11H2,1-2H3,(H,18,19). The van der Waals surface area contributed by atoms with Crippen LogP contribution in [0.5, 0.6) is 0 Å². The van der Waals surface area contributed by atoms with Crippen molar-refractivity contribution < 1.29 is 0 Å². The highest BCUT2D eigenvalue weighted by molar-refractivity contribution is 8.14. The number of hydrogen-bond acceptors (Lipinski definition) is 4. The number of rotatable bonds is 5. The van der Waals surface area contributed by atoms with Crippen molar-refractivity contribution >= 4 is 16.9 Å². The molecule has 4 heteroatoms. The van der Waals surface area contributed by atoms with Crippen LogP contribution in [-0.4, -0.2) is 17.0 Å². The Labute approximate surface area is 125 Å². The molecule has 1 aromatic carbocycles. The molecule has 0 bridgehead atoms. The van der Waals surface area contributed by atoms with Gasteiger partial charge in [-0.15, -0.1) is 0 Å². The molecule has 1 atom stereocenters. The number of thioether (sulfide) groups is 1. The highest BCUT2D eigenvalue weighted by Crippen LogP contribution is 2.30. The zero-order valence-corrected chi connectivity index (χ0v) is 12.9. The Morgan fingerprint density at radius 1 is 1.35 bits per heavy atom. The van der Waals surface area contributed by atoms with Crippen molar-refractivity contribution in [2.75, 3.05) is 6.54 Å². The molecule has 0 aliphatic carbocycles. The van der Waals surface area contributed by atoms with E-state index >= 15 is 0 Å². The number of hydrogen-bond donors (Lipinski definition) is 1. The fraction of sp³-hybridized carbons (Fsp3) is 0.500. The molecule has 106 valence electrons. The normalized spacial score (nSPS) is 17.9. The van der Waals surface area contributed by atoms with Gasteiger partial charge in [0.05, 0.1) is 18.2 Å². The number of aliphatic imine (C=N–C) groups is 1. The quantitative estimate of drug-likeness (QED) is 0.901. The van der Waals surface area contributed by atoms with E-state index in [0.29, 0.717) is 10.8 Å². The third-order valence-corrected chi connectivity index (χ3v) is 5.11. The highest BCUT2D eigenvalue weighted by Gasteiger charge is 2.25. The summed E-state index contributed by atoms with van der Waals surface area (Å²) in [6.07, 6.45) is 2.46. The van der Waals surface area contributed by atoms with Gasteiger partial charge in [-0.3, -0.25) is 4.99 Å². The molecule has 0 spiro atoms. The third-order valence-electron chi connectivity index (χ3n) is 3.78. The molecule has 0 fully saturated rings. The number of nitriles is 1. The summed E-state index contributed by atoms with van der Waals surface area (Å²) in [4.78, 5) is 4.60. The Kier molecular flexibility index (Phi) is 5.49. The second kappa shape index (κ2) is 7.35. The highest BCUT2D eigenvalue weighted by atomic mass is 32.2. The predicted octanol–water partition coefficient (Wildman–Crippen LogP) is 3.56. The minimum absolute atomic E-state index is 0.633. The second-order valence-electron chi connectivity index (χ2n) is 5.04. The van der Waals surface area contributed by atoms with E-state index in [0.717, 1.165) is 24.2 Å². The number of benzene rings is 1. The molecule has 0 saturated heterocycles. The molecule has 0 amide bonds. The fourth-order valence-electron chi connectivity index (χ4n) is 2.42. The summed E-state index contributed by atoms with van der Waals surface area (Å²) in [6, 6.07) is 9.82. The summed E-state index contributed by atoms with van der Waals surface area (Å²) in [5, 5.41) is 13.9. The smallest absolute Gasteiger partial charge is 0.157 e. The monoisotopic (exact) mass is 287 g/mol. The molecule has 0 saturated carbocycles. The molecule has 1 N–H and O–H groups in total. The molecule has 1 aliphatic heterocycles. The number of nitrogens with one attached hydrogen (secondary N) is 1. The summed E-state index contributed by atoms with van der Waals surface area (Å²) < 4.78 is 0. The molecule has 0 aromatic heterocycles. The van der Waals surface area contributed by atoms with E-state index in [1.807, 2.05) is 36.0 Å². The van der Waals surface area contributed by atoms with Crippen LogP contribution >= 0.6 is 11.8 Å². The van der Waals surface area contributed by atoms with Gasteiger partial charge in [-0.25, -0.2) is 0 Å². The van der Waals surface area contributed by atoms with Gasteiger partial charge >= 0.3 is 0 Å². The molecule has 3 nitrogen and oxygen atoms in total. The zero-order valence-electron chi connectivity index (χ0n) is 12.1. The van der Waals surface area contributed by atoms with E-state index in [-0.39, 0.29) is 0 Å². The first-order chi connectivity index (χ1) is 9.76. The van der Waals surface area contributed by atoms with Gasteiger partial charge in [-0.1, -0.05) is 50.6 Å². The lowest BCUT2D eigenvalue weighted by atomic mass is 9.99. The van der Waals surface area contributed by atoms with Crippen molar-refractivity contribution in [1.82, 2.24) is 5.32 Å². The van der Waals surface area contributed by atoms with Crippen molar-refractivity contribution in [3.8, 4) is 6.07 Å². The Morgan fingerprint density at radius 3 is 2.65 bits per heavy atom. The average molecular weight is 287 g/mol. The third kappa shape index (κ3) is 3.77. The van der Waals surface area contributed by atoms with E-state index in [9.17, 15) is 0 Å². The van der Waals surface area contributed by atoms with Crippen LogP contribution in [0.1, 0.15) is 37.8 Å². The molecule has 20 heavy (non-hydrogen) atoms. The summed E-state index contributed by atoms with van der Waals surface area (Å²) in [5.41, 5.74) is 1.88. The molecule has 1 heterocycles. The molecule has 1 aromatic rings. The van der Waals surface area contributed by atoms with Crippen molar-refractivity contribution in [1.29, 1.82) is 5.26 Å². The Balaban J connectivity index is 1.82. The maximum atomic E-state index is 8.77. The molecule has 1 unspecified atom stereocenters. The summed E-state index contributed by atoms with van der Waals surface area (Å²) >= 11 is 1.88. The molecular formula is C16H21N3S. The van der Waals surface area contributed by atoms with Crippen LogP contribution in [0.3, 0.4) is 0 Å². The van der Waals surface area contributed by atoms with Crippen LogP contribution in [0, 0.1) is 17.2 Å². The topological polar surface area (TPSA) is 48.2 Å². The largest absolute Gasteiger partial charge is 0.361 e. The lowest BCUT2D eigenvalue weighted by Gasteiger charge is -2.18. The minimum atomic E-state index is 0.633. The lowest BCUT2D eigenvalue weighted by Crippen LogP contribution is -2.21. The van der Waals surface area contributed by atoms with Gasteiger partial charge < -0.3 is 5.32 Å². The average Bonchev–Trinajstić information content (AvgIpc) is 2.96. The second-order valence-corrected chi connectivity index (χ2v) is 6.27. The van der Waals surface area contributed by atoms with E-state index in [1.54, 1.807) is 0 Å². The van der Waals surface area contributed by atoms with Crippen molar-refractivity contribution in [3.63, 3.8) is 0 Å². The summed E-state index contributed by atoms with van der Waals surface area (Å²) in [7, 11) is 0. The number of amidine groups is 1. The lowest BCUT2D eigenvalue weighted by molar-refractivity contribution is 0.479. The molecule has 2 rings (SSSR count). The first kappa shape index (κ1) is 14.9. The number of nitrogens with zero attached hydrogens (tertiary/aromatic N) is 2. The van der Waals surface area contributed by atoms with Crippen LogP contribution in [0.2, 0.25) is 0 Å². The van der Waals surface area contributed by atoms with Gasteiger partial charge in [0.15, 0.2) is 5.17 Å². The SMILES string of the molecule is CCC(CC)C1CN=C(NCc2ccc(C#N)cc2)S1. The van der Waals surface area contributed by atoms with E-state index in [4.69, 9.17) is 5.26 Å². The van der Waals surface area contributed by atoms with Gasteiger partial charge in [0.25, 0.3) is 0 Å². The van der Waals surface area contributed by atoms with Gasteiger partial charge in [0, 0.05) is 11.8 Å². The Morgan fingerprint density at radius 2 is 2.05 bits per heavy atom. The van der Waals surface area contributed by atoms with Crippen molar-refractivity contribution in [2.45, 2.75) is 38.5 Å². The van der Waals surface area contributed by atoms with E-state index in [2.05, 4.69) is 30.2 Å². The van der Waals surface area contributed by atoms with E-state index < -0.39 is 0 Å². The van der Waals surface area contributed by atoms with Crippen molar-refractivity contribution in [3.05, 3.63) is 35.4 Å². The first-order valence-electron chi connectivity index (χ1n) is 7.20. The van der Waals surface area contributed by atoms with Crippen molar-refractivity contribution in [2.24, 2.45) is 10.9 Å². The molecular weight excluding hydrogens is 266 g/mol. The fourth-order valence-corrected chi connectivity index (χ4v) is 3.74. The Bertz CT molecular complexity index is 497. The van der Waals surface area contributed by atoms with Crippen LogP contribution in [0.25, 0.3) is 0 Å². The summed E-state index contributed by atoms with van der Waals surface area (Å²) in [6.45, 7) is 6.23. The van der Waals surface area contributed by atoms with Crippen LogP contribution in [0.4, 0.5) is 0 Å². The molecule has 0 radical (unpaired) electrons. The van der Waals surface area contributed by atoms with Gasteiger partial charge in [-0.2, -0.15) is 5.26 Å². The predicted molar refractivity (Wildman–Crippen MR) is 85.7 cm³/mol. The maximum absolute atomic E-state index is 8.77. The first-order valence-corrected chi connectivity index (χ1v) is 8.08. The van der Waals surface area contributed by atoms with Crippen LogP contribution in [0.15, 0.2) is 29.3 Å². The van der Waals surface area contributed by atoms with Crippen LogP contribution < -0.4 is 5.32 Å². The Hall–Kier alpha value is -1.47. The van der Waals surface area contributed by atoms with Gasteiger partial charge in [0.1, 0.15) is 0 Å². The van der Waals surface area contributed by atoms with E-state index in [1.165, 1.54) is 18.4 Å². The zero-order chi connectivity index (χ0) is 14.4.